The van der Waals surface area contributed by atoms with E-state index >= 15 is 0 Å². The zero-order chi connectivity index (χ0) is 13.7. The Hall–Kier alpha value is -1.39. The van der Waals surface area contributed by atoms with Gasteiger partial charge in [0, 0.05) is 18.7 Å². The van der Waals surface area contributed by atoms with E-state index in [0.717, 1.165) is 24.1 Å². The average Bonchev–Trinajstić information content (AvgIpc) is 2.44. The molecule has 1 aliphatic rings. The highest BCUT2D eigenvalue weighted by Gasteiger charge is 2.24. The molecule has 1 saturated heterocycles. The van der Waals surface area contributed by atoms with E-state index in [0.29, 0.717) is 19.7 Å². The topological polar surface area (TPSA) is 41.6 Å². The fraction of sp³-hybridized carbons (Fsp3) is 0.533. The molecule has 4 nitrogen and oxygen atoms in total. The number of rotatable bonds is 4. The van der Waals surface area contributed by atoms with Gasteiger partial charge in [0.25, 0.3) is 5.91 Å². The van der Waals surface area contributed by atoms with Crippen LogP contribution in [0.2, 0.25) is 0 Å². The molecule has 4 heteroatoms. The van der Waals surface area contributed by atoms with E-state index < -0.39 is 0 Å². The highest BCUT2D eigenvalue weighted by atomic mass is 16.5. The lowest BCUT2D eigenvalue weighted by Gasteiger charge is -2.33. The van der Waals surface area contributed by atoms with E-state index in [4.69, 9.17) is 4.74 Å². The van der Waals surface area contributed by atoms with Gasteiger partial charge in [0.2, 0.25) is 0 Å². The molecule has 0 saturated carbocycles. The summed E-state index contributed by atoms with van der Waals surface area (Å²) in [6, 6.07) is 7.76. The molecule has 1 aliphatic heterocycles. The second kappa shape index (κ2) is 6.68. The van der Waals surface area contributed by atoms with E-state index in [1.807, 2.05) is 43.1 Å². The average molecular weight is 262 g/mol. The molecule has 104 valence electrons. The van der Waals surface area contributed by atoms with Gasteiger partial charge in [-0.25, -0.2) is 0 Å². The maximum atomic E-state index is 12.4. The van der Waals surface area contributed by atoms with Gasteiger partial charge in [-0.3, -0.25) is 4.79 Å². The Balaban J connectivity index is 1.99. The van der Waals surface area contributed by atoms with Crippen LogP contribution in [-0.4, -0.2) is 50.2 Å². The molecular weight excluding hydrogens is 240 g/mol. The summed E-state index contributed by atoms with van der Waals surface area (Å²) in [7, 11) is 1.93. The summed E-state index contributed by atoms with van der Waals surface area (Å²) in [5.74, 6) is 0.112. The van der Waals surface area contributed by atoms with Crippen molar-refractivity contribution in [2.24, 2.45) is 0 Å². The third-order valence-corrected chi connectivity index (χ3v) is 3.41. The van der Waals surface area contributed by atoms with Crippen LogP contribution in [0.3, 0.4) is 0 Å². The fourth-order valence-corrected chi connectivity index (χ4v) is 2.34. The zero-order valence-electron chi connectivity index (χ0n) is 11.7. The van der Waals surface area contributed by atoms with Gasteiger partial charge in [0.15, 0.2) is 0 Å². The minimum Gasteiger partial charge on any atom is -0.374 e. The molecule has 0 radical (unpaired) electrons. The normalized spacial score (nSPS) is 19.5. The first-order chi connectivity index (χ1) is 9.20. The SMILES string of the molecule is CNCCC1CN(C(=O)c2cccc(C)c2)CCO1. The lowest BCUT2D eigenvalue weighted by Crippen LogP contribution is -2.46. The number of amides is 1. The van der Waals surface area contributed by atoms with Crippen LogP contribution in [0.25, 0.3) is 0 Å². The van der Waals surface area contributed by atoms with Crippen LogP contribution in [0.1, 0.15) is 22.3 Å². The zero-order valence-corrected chi connectivity index (χ0v) is 11.7. The van der Waals surface area contributed by atoms with Crippen LogP contribution in [0.15, 0.2) is 24.3 Å². The summed E-state index contributed by atoms with van der Waals surface area (Å²) in [4.78, 5) is 14.3. The highest BCUT2D eigenvalue weighted by Crippen LogP contribution is 2.13. The van der Waals surface area contributed by atoms with Gasteiger partial charge < -0.3 is 15.0 Å². The molecule has 19 heavy (non-hydrogen) atoms. The van der Waals surface area contributed by atoms with Crippen molar-refractivity contribution in [3.8, 4) is 0 Å². The van der Waals surface area contributed by atoms with Crippen molar-refractivity contribution in [2.45, 2.75) is 19.4 Å². The van der Waals surface area contributed by atoms with Crippen LogP contribution in [0, 0.1) is 6.92 Å². The Kier molecular flexibility index (Phi) is 4.93. The van der Waals surface area contributed by atoms with Gasteiger partial charge in [-0.15, -0.1) is 0 Å². The number of aryl methyl sites for hydroxylation is 1. The maximum Gasteiger partial charge on any atom is 0.254 e. The third kappa shape index (κ3) is 3.78. The van der Waals surface area contributed by atoms with E-state index in [-0.39, 0.29) is 12.0 Å². The molecule has 0 aromatic heterocycles. The summed E-state index contributed by atoms with van der Waals surface area (Å²) < 4.78 is 5.69. The Morgan fingerprint density at radius 1 is 1.53 bits per heavy atom. The van der Waals surface area contributed by atoms with Crippen LogP contribution < -0.4 is 5.32 Å². The molecule has 1 fully saturated rings. The van der Waals surface area contributed by atoms with Crippen molar-refractivity contribution in [1.29, 1.82) is 0 Å². The number of hydrogen-bond donors (Lipinski definition) is 1. The van der Waals surface area contributed by atoms with Gasteiger partial charge in [0.1, 0.15) is 0 Å². The van der Waals surface area contributed by atoms with Gasteiger partial charge in [0.05, 0.1) is 12.7 Å². The largest absolute Gasteiger partial charge is 0.374 e. The first-order valence-electron chi connectivity index (χ1n) is 6.83. The highest BCUT2D eigenvalue weighted by molar-refractivity contribution is 5.94. The minimum atomic E-state index is 0.112. The Morgan fingerprint density at radius 2 is 2.37 bits per heavy atom. The summed E-state index contributed by atoms with van der Waals surface area (Å²) in [6.45, 7) is 4.92. The van der Waals surface area contributed by atoms with Crippen molar-refractivity contribution < 1.29 is 9.53 Å². The molecule has 1 aromatic carbocycles. The number of nitrogens with zero attached hydrogens (tertiary/aromatic N) is 1. The van der Waals surface area contributed by atoms with E-state index in [1.165, 1.54) is 0 Å². The van der Waals surface area contributed by atoms with Crippen molar-refractivity contribution in [2.75, 3.05) is 33.3 Å². The quantitative estimate of drug-likeness (QED) is 0.893. The molecule has 2 rings (SSSR count). The van der Waals surface area contributed by atoms with Crippen molar-refractivity contribution in [1.82, 2.24) is 10.2 Å². The predicted molar refractivity (Wildman–Crippen MR) is 75.4 cm³/mol. The Bertz CT molecular complexity index is 434. The molecule has 0 bridgehead atoms. The van der Waals surface area contributed by atoms with Gasteiger partial charge in [-0.2, -0.15) is 0 Å². The van der Waals surface area contributed by atoms with Crippen LogP contribution >= 0.6 is 0 Å². The second-order valence-corrected chi connectivity index (χ2v) is 5.01. The van der Waals surface area contributed by atoms with Gasteiger partial charge in [-0.05, 0) is 39.1 Å². The Labute approximate surface area is 114 Å². The van der Waals surface area contributed by atoms with Gasteiger partial charge in [-0.1, -0.05) is 17.7 Å². The van der Waals surface area contributed by atoms with Crippen LogP contribution in [0.5, 0.6) is 0 Å². The lowest BCUT2D eigenvalue weighted by molar-refractivity contribution is -0.0243. The minimum absolute atomic E-state index is 0.112. The monoisotopic (exact) mass is 262 g/mol. The summed E-state index contributed by atoms with van der Waals surface area (Å²) in [5, 5.41) is 3.11. The standard InChI is InChI=1S/C15H22N2O2/c1-12-4-3-5-13(10-12)15(18)17-8-9-19-14(11-17)6-7-16-2/h3-5,10,14,16H,6-9,11H2,1-2H3. The number of carbonyl (C=O) groups is 1. The first-order valence-corrected chi connectivity index (χ1v) is 6.83. The number of ether oxygens (including phenoxy) is 1. The molecular formula is C15H22N2O2. The summed E-state index contributed by atoms with van der Waals surface area (Å²) in [6.07, 6.45) is 1.09. The molecule has 0 spiro atoms. The first kappa shape index (κ1) is 14.0. The molecule has 1 heterocycles. The molecule has 1 atom stereocenters. The predicted octanol–water partition coefficient (Wildman–Crippen LogP) is 1.45. The number of nitrogens with one attached hydrogen (secondary N) is 1. The molecule has 1 aromatic rings. The van der Waals surface area contributed by atoms with E-state index in [9.17, 15) is 4.79 Å². The van der Waals surface area contributed by atoms with E-state index in [2.05, 4.69) is 5.32 Å². The van der Waals surface area contributed by atoms with Gasteiger partial charge >= 0.3 is 0 Å². The molecule has 1 unspecified atom stereocenters. The van der Waals surface area contributed by atoms with Crippen molar-refractivity contribution in [3.63, 3.8) is 0 Å². The number of benzene rings is 1. The fourth-order valence-electron chi connectivity index (χ4n) is 2.34. The number of hydrogen-bond acceptors (Lipinski definition) is 3. The van der Waals surface area contributed by atoms with Crippen molar-refractivity contribution in [3.05, 3.63) is 35.4 Å². The van der Waals surface area contributed by atoms with Crippen molar-refractivity contribution >= 4 is 5.91 Å². The van der Waals surface area contributed by atoms with E-state index in [1.54, 1.807) is 0 Å². The van der Waals surface area contributed by atoms with Crippen LogP contribution in [0.4, 0.5) is 0 Å². The molecule has 0 aliphatic carbocycles. The van der Waals surface area contributed by atoms with Crippen LogP contribution in [-0.2, 0) is 4.74 Å². The smallest absolute Gasteiger partial charge is 0.254 e. The summed E-state index contributed by atoms with van der Waals surface area (Å²) >= 11 is 0. The molecule has 1 N–H and O–H groups in total. The summed E-state index contributed by atoms with van der Waals surface area (Å²) in [5.41, 5.74) is 1.89. The lowest BCUT2D eigenvalue weighted by atomic mass is 10.1. The number of carbonyl (C=O) groups excluding carboxylic acids is 1. The third-order valence-electron chi connectivity index (χ3n) is 3.41. The maximum absolute atomic E-state index is 12.4. The molecule has 1 amide bonds. The second-order valence-electron chi connectivity index (χ2n) is 5.01. The number of morpholine rings is 1. The Morgan fingerprint density at radius 3 is 3.11 bits per heavy atom.